The van der Waals surface area contributed by atoms with Gasteiger partial charge in [0, 0.05) is 19.2 Å². The highest BCUT2D eigenvalue weighted by atomic mass is 16.5. The number of benzene rings is 1. The van der Waals surface area contributed by atoms with Crippen molar-refractivity contribution in [3.63, 3.8) is 0 Å². The first-order valence-electron chi connectivity index (χ1n) is 6.34. The highest BCUT2D eigenvalue weighted by Gasteiger charge is 2.26. The summed E-state index contributed by atoms with van der Waals surface area (Å²) < 4.78 is 17.9. The Morgan fingerprint density at radius 3 is 2.30 bits per heavy atom. The van der Waals surface area contributed by atoms with Crippen LogP contribution < -0.4 is 15.2 Å². The number of ether oxygens (including phenoxy) is 3. The number of hydrogen-bond acceptors (Lipinski definition) is 5. The lowest BCUT2D eigenvalue weighted by molar-refractivity contribution is 0.113. The van der Waals surface area contributed by atoms with Gasteiger partial charge in [0.2, 0.25) is 5.95 Å². The number of fused-ring (bicyclic) bond motifs is 1. The highest BCUT2D eigenvalue weighted by molar-refractivity contribution is 5.82. The minimum absolute atomic E-state index is 0.312. The molecule has 1 heterocycles. The number of nitrogens with two attached hydrogens (primary N) is 1. The molecule has 0 spiro atoms. The predicted octanol–water partition coefficient (Wildman–Crippen LogP) is 2.02. The summed E-state index contributed by atoms with van der Waals surface area (Å²) in [6, 6.07) is 3.71. The molecule has 0 saturated carbocycles. The van der Waals surface area contributed by atoms with E-state index >= 15 is 0 Å². The van der Waals surface area contributed by atoms with E-state index in [1.165, 1.54) is 0 Å². The van der Waals surface area contributed by atoms with E-state index in [1.54, 1.807) is 21.3 Å². The summed E-state index contributed by atoms with van der Waals surface area (Å²) in [6.07, 6.45) is 0. The fourth-order valence-corrected chi connectivity index (χ4v) is 2.48. The number of imidazole rings is 1. The molecule has 0 bridgehead atoms. The first-order chi connectivity index (χ1) is 9.44. The zero-order valence-corrected chi connectivity index (χ0v) is 12.6. The molecule has 0 saturated heterocycles. The summed E-state index contributed by atoms with van der Waals surface area (Å²) in [6.45, 7) is 4.62. The molecule has 6 heteroatoms. The van der Waals surface area contributed by atoms with Crippen LogP contribution in [0.25, 0.3) is 11.0 Å². The number of aromatic nitrogens is 2. The molecule has 2 rings (SSSR count). The minimum atomic E-state index is -0.312. The quantitative estimate of drug-likeness (QED) is 0.906. The zero-order valence-electron chi connectivity index (χ0n) is 12.6. The number of hydrogen-bond donors (Lipinski definition) is 1. The lowest BCUT2D eigenvalue weighted by Gasteiger charge is -2.27. The Hall–Kier alpha value is -1.95. The van der Waals surface area contributed by atoms with Crippen molar-refractivity contribution < 1.29 is 14.2 Å². The molecule has 0 radical (unpaired) electrons. The maximum Gasteiger partial charge on any atom is 0.201 e. The minimum Gasteiger partial charge on any atom is -0.493 e. The SMILES string of the molecule is COCC(C)(C)n1c(N)nc2cc(OC)c(OC)cc21. The molecule has 0 aliphatic carbocycles. The third-order valence-electron chi connectivity index (χ3n) is 3.29. The van der Waals surface area contributed by atoms with Crippen LogP contribution in [0.2, 0.25) is 0 Å². The van der Waals surface area contributed by atoms with Crippen LogP contribution in [0.3, 0.4) is 0 Å². The van der Waals surface area contributed by atoms with Crippen molar-refractivity contribution in [2.45, 2.75) is 19.4 Å². The predicted molar refractivity (Wildman–Crippen MR) is 78.4 cm³/mol. The molecule has 0 aliphatic rings. The van der Waals surface area contributed by atoms with Gasteiger partial charge in [0.15, 0.2) is 11.5 Å². The Bertz CT molecular complexity index is 620. The monoisotopic (exact) mass is 279 g/mol. The van der Waals surface area contributed by atoms with Gasteiger partial charge >= 0.3 is 0 Å². The Morgan fingerprint density at radius 1 is 1.15 bits per heavy atom. The third-order valence-corrected chi connectivity index (χ3v) is 3.29. The summed E-state index contributed by atoms with van der Waals surface area (Å²) >= 11 is 0. The molecule has 0 atom stereocenters. The first kappa shape index (κ1) is 14.5. The van der Waals surface area contributed by atoms with E-state index in [0.717, 1.165) is 11.0 Å². The number of methoxy groups -OCH3 is 3. The third kappa shape index (κ3) is 2.27. The van der Waals surface area contributed by atoms with Crippen LogP contribution in [0.1, 0.15) is 13.8 Å². The second kappa shape index (κ2) is 5.20. The van der Waals surface area contributed by atoms with Gasteiger partial charge < -0.3 is 24.5 Å². The van der Waals surface area contributed by atoms with E-state index in [9.17, 15) is 0 Å². The van der Waals surface area contributed by atoms with E-state index in [-0.39, 0.29) is 5.54 Å². The maximum atomic E-state index is 6.07. The Morgan fingerprint density at radius 2 is 1.75 bits per heavy atom. The standard InChI is InChI=1S/C14H21N3O3/c1-14(2,8-18-3)17-10-7-12(20-5)11(19-4)6-9(10)16-13(17)15/h6-7H,8H2,1-5H3,(H2,15,16). The normalized spacial score (nSPS) is 11.8. The van der Waals surface area contributed by atoms with Crippen LogP contribution in [0.5, 0.6) is 11.5 Å². The van der Waals surface area contributed by atoms with Crippen molar-refractivity contribution in [3.8, 4) is 11.5 Å². The number of anilines is 1. The molecule has 2 N–H and O–H groups in total. The van der Waals surface area contributed by atoms with Gasteiger partial charge in [0.25, 0.3) is 0 Å². The van der Waals surface area contributed by atoms with Gasteiger partial charge in [-0.3, -0.25) is 0 Å². The molecule has 0 fully saturated rings. The molecular formula is C14H21N3O3. The number of nitrogen functional groups attached to an aromatic ring is 1. The lowest BCUT2D eigenvalue weighted by Crippen LogP contribution is -2.32. The topological polar surface area (TPSA) is 71.5 Å². The molecule has 0 aliphatic heterocycles. The number of rotatable bonds is 5. The van der Waals surface area contributed by atoms with Gasteiger partial charge in [-0.05, 0) is 13.8 Å². The van der Waals surface area contributed by atoms with Crippen LogP contribution in [-0.2, 0) is 10.3 Å². The van der Waals surface area contributed by atoms with Crippen LogP contribution in [0.15, 0.2) is 12.1 Å². The van der Waals surface area contributed by atoms with Gasteiger partial charge in [-0.25, -0.2) is 4.98 Å². The van der Waals surface area contributed by atoms with E-state index in [2.05, 4.69) is 4.98 Å². The summed E-state index contributed by atoms with van der Waals surface area (Å²) in [5.74, 6) is 1.72. The molecule has 110 valence electrons. The summed E-state index contributed by atoms with van der Waals surface area (Å²) in [4.78, 5) is 4.40. The molecule has 6 nitrogen and oxygen atoms in total. The fourth-order valence-electron chi connectivity index (χ4n) is 2.48. The van der Waals surface area contributed by atoms with E-state index in [0.29, 0.717) is 24.1 Å². The smallest absolute Gasteiger partial charge is 0.201 e. The largest absolute Gasteiger partial charge is 0.493 e. The van der Waals surface area contributed by atoms with Gasteiger partial charge in [-0.1, -0.05) is 0 Å². The zero-order chi connectivity index (χ0) is 14.9. The summed E-state index contributed by atoms with van der Waals surface area (Å²) in [5, 5.41) is 0. The van der Waals surface area contributed by atoms with E-state index in [4.69, 9.17) is 19.9 Å². The number of nitrogens with zero attached hydrogens (tertiary/aromatic N) is 2. The Labute approximate surface area is 118 Å². The average molecular weight is 279 g/mol. The first-order valence-corrected chi connectivity index (χ1v) is 6.34. The highest BCUT2D eigenvalue weighted by Crippen LogP contribution is 2.35. The second-order valence-corrected chi connectivity index (χ2v) is 5.25. The van der Waals surface area contributed by atoms with Crippen molar-refractivity contribution in [1.29, 1.82) is 0 Å². The van der Waals surface area contributed by atoms with Crippen LogP contribution in [0.4, 0.5) is 5.95 Å². The molecule has 0 unspecified atom stereocenters. The molecule has 1 aromatic carbocycles. The van der Waals surface area contributed by atoms with Crippen molar-refractivity contribution in [3.05, 3.63) is 12.1 Å². The Kier molecular flexibility index (Phi) is 3.76. The lowest BCUT2D eigenvalue weighted by atomic mass is 10.1. The molecule has 0 amide bonds. The summed E-state index contributed by atoms with van der Waals surface area (Å²) in [7, 11) is 4.87. The van der Waals surface area contributed by atoms with Crippen LogP contribution >= 0.6 is 0 Å². The van der Waals surface area contributed by atoms with Gasteiger partial charge in [0.1, 0.15) is 0 Å². The molecule has 2 aromatic rings. The molecule has 20 heavy (non-hydrogen) atoms. The average Bonchev–Trinajstić information content (AvgIpc) is 2.72. The maximum absolute atomic E-state index is 6.07. The van der Waals surface area contributed by atoms with Gasteiger partial charge in [0.05, 0.1) is 37.4 Å². The van der Waals surface area contributed by atoms with Crippen molar-refractivity contribution >= 4 is 17.0 Å². The van der Waals surface area contributed by atoms with Crippen LogP contribution in [-0.4, -0.2) is 37.5 Å². The molecule has 1 aromatic heterocycles. The summed E-state index contributed by atoms with van der Waals surface area (Å²) in [5.41, 5.74) is 7.41. The van der Waals surface area contributed by atoms with Crippen molar-refractivity contribution in [2.24, 2.45) is 0 Å². The van der Waals surface area contributed by atoms with E-state index < -0.39 is 0 Å². The van der Waals surface area contributed by atoms with Crippen LogP contribution in [0, 0.1) is 0 Å². The van der Waals surface area contributed by atoms with Gasteiger partial charge in [-0.2, -0.15) is 0 Å². The fraction of sp³-hybridized carbons (Fsp3) is 0.500. The Balaban J connectivity index is 2.69. The van der Waals surface area contributed by atoms with E-state index in [1.807, 2.05) is 30.5 Å². The molecular weight excluding hydrogens is 258 g/mol. The van der Waals surface area contributed by atoms with Crippen molar-refractivity contribution in [2.75, 3.05) is 33.7 Å². The van der Waals surface area contributed by atoms with Crippen molar-refractivity contribution in [1.82, 2.24) is 9.55 Å². The van der Waals surface area contributed by atoms with Gasteiger partial charge in [-0.15, -0.1) is 0 Å². The second-order valence-electron chi connectivity index (χ2n) is 5.25.